The van der Waals surface area contributed by atoms with Gasteiger partial charge >= 0.3 is 0 Å². The summed E-state index contributed by atoms with van der Waals surface area (Å²) in [5.74, 6) is 0.632. The zero-order valence-corrected chi connectivity index (χ0v) is 12.5. The van der Waals surface area contributed by atoms with Gasteiger partial charge < -0.3 is 5.73 Å². The molecule has 0 aliphatic carbocycles. The lowest BCUT2D eigenvalue weighted by Gasteiger charge is -2.04. The smallest absolute Gasteiger partial charge is 0.181 e. The van der Waals surface area contributed by atoms with Crippen LogP contribution in [0.15, 0.2) is 48.8 Å². The summed E-state index contributed by atoms with van der Waals surface area (Å²) < 4.78 is 1.73. The van der Waals surface area contributed by atoms with Gasteiger partial charge in [0.25, 0.3) is 0 Å². The third kappa shape index (κ3) is 3.17. The van der Waals surface area contributed by atoms with Crippen LogP contribution in [0.4, 0.5) is 5.69 Å². The maximum atomic E-state index is 6.16. The highest BCUT2D eigenvalue weighted by atomic mass is 35.5. The zero-order chi connectivity index (χ0) is 14.8. The predicted octanol–water partition coefficient (Wildman–Crippen LogP) is 3.88. The lowest BCUT2D eigenvalue weighted by atomic mass is 10.2. The van der Waals surface area contributed by atoms with Gasteiger partial charge in [0.2, 0.25) is 0 Å². The Balaban J connectivity index is 1.85. The van der Waals surface area contributed by atoms with Crippen molar-refractivity contribution in [3.8, 4) is 11.4 Å². The van der Waals surface area contributed by atoms with Gasteiger partial charge in [0, 0.05) is 21.3 Å². The SMILES string of the molecule is Nc1cccc(-c2ncn(Cc3ccc(Cl)cc3Cl)n2)c1. The van der Waals surface area contributed by atoms with Crippen LogP contribution in [-0.4, -0.2) is 14.8 Å². The third-order valence-electron chi connectivity index (χ3n) is 3.03. The molecule has 0 saturated carbocycles. The van der Waals surface area contributed by atoms with Crippen molar-refractivity contribution in [2.75, 3.05) is 5.73 Å². The molecule has 4 nitrogen and oxygen atoms in total. The molecule has 0 unspecified atom stereocenters. The van der Waals surface area contributed by atoms with Crippen molar-refractivity contribution < 1.29 is 0 Å². The average Bonchev–Trinajstić information content (AvgIpc) is 2.91. The molecule has 0 atom stereocenters. The Morgan fingerprint density at radius 3 is 2.71 bits per heavy atom. The van der Waals surface area contributed by atoms with Gasteiger partial charge in [0.1, 0.15) is 6.33 Å². The van der Waals surface area contributed by atoms with Gasteiger partial charge in [-0.3, -0.25) is 0 Å². The molecule has 6 heteroatoms. The molecule has 2 N–H and O–H groups in total. The number of rotatable bonds is 3. The standard InChI is InChI=1S/C15H12Cl2N4/c16-12-5-4-11(14(17)7-12)8-21-9-19-15(20-21)10-2-1-3-13(18)6-10/h1-7,9H,8,18H2. The minimum Gasteiger partial charge on any atom is -0.399 e. The highest BCUT2D eigenvalue weighted by Gasteiger charge is 2.07. The van der Waals surface area contributed by atoms with Crippen LogP contribution in [-0.2, 0) is 6.54 Å². The summed E-state index contributed by atoms with van der Waals surface area (Å²) in [7, 11) is 0. The maximum Gasteiger partial charge on any atom is 0.181 e. The van der Waals surface area contributed by atoms with Crippen molar-refractivity contribution in [1.82, 2.24) is 14.8 Å². The van der Waals surface area contributed by atoms with E-state index in [-0.39, 0.29) is 0 Å². The molecule has 0 bridgehead atoms. The van der Waals surface area contributed by atoms with Crippen molar-refractivity contribution in [3.63, 3.8) is 0 Å². The van der Waals surface area contributed by atoms with Crippen molar-refractivity contribution in [1.29, 1.82) is 0 Å². The summed E-state index contributed by atoms with van der Waals surface area (Å²) in [6.45, 7) is 0.533. The number of hydrogen-bond donors (Lipinski definition) is 1. The maximum absolute atomic E-state index is 6.16. The normalized spacial score (nSPS) is 10.8. The van der Waals surface area contributed by atoms with Gasteiger partial charge in [0.15, 0.2) is 5.82 Å². The second-order valence-corrected chi connectivity index (χ2v) is 5.47. The van der Waals surface area contributed by atoms with Crippen molar-refractivity contribution >= 4 is 28.9 Å². The van der Waals surface area contributed by atoms with Crippen molar-refractivity contribution in [2.24, 2.45) is 0 Å². The van der Waals surface area contributed by atoms with E-state index in [0.717, 1.165) is 11.1 Å². The fraction of sp³-hybridized carbons (Fsp3) is 0.0667. The van der Waals surface area contributed by atoms with E-state index in [4.69, 9.17) is 28.9 Å². The molecular weight excluding hydrogens is 307 g/mol. The molecule has 3 rings (SSSR count). The Labute approximate surface area is 132 Å². The molecule has 3 aromatic rings. The number of halogens is 2. The number of anilines is 1. The van der Waals surface area contributed by atoms with E-state index in [1.165, 1.54) is 0 Å². The first kappa shape index (κ1) is 13.9. The first-order chi connectivity index (χ1) is 10.1. The topological polar surface area (TPSA) is 56.7 Å². The summed E-state index contributed by atoms with van der Waals surface area (Å²) in [5.41, 5.74) is 8.27. The van der Waals surface area contributed by atoms with Gasteiger partial charge in [-0.1, -0.05) is 41.4 Å². The molecule has 21 heavy (non-hydrogen) atoms. The van der Waals surface area contributed by atoms with E-state index >= 15 is 0 Å². The minimum absolute atomic E-state index is 0.533. The van der Waals surface area contributed by atoms with E-state index in [0.29, 0.717) is 28.1 Å². The minimum atomic E-state index is 0.533. The van der Waals surface area contributed by atoms with Crippen LogP contribution in [0.3, 0.4) is 0 Å². The molecule has 0 amide bonds. The van der Waals surface area contributed by atoms with Crippen LogP contribution in [0, 0.1) is 0 Å². The summed E-state index contributed by atoms with van der Waals surface area (Å²) in [6.07, 6.45) is 1.67. The number of nitrogens with zero attached hydrogens (tertiary/aromatic N) is 3. The summed E-state index contributed by atoms with van der Waals surface area (Å²) in [4.78, 5) is 4.30. The lowest BCUT2D eigenvalue weighted by Crippen LogP contribution is -2.01. The summed E-state index contributed by atoms with van der Waals surface area (Å²) in [5, 5.41) is 5.67. The monoisotopic (exact) mass is 318 g/mol. The second kappa shape index (κ2) is 5.76. The lowest BCUT2D eigenvalue weighted by molar-refractivity contribution is 0.687. The van der Waals surface area contributed by atoms with Crippen molar-refractivity contribution in [2.45, 2.75) is 6.54 Å². The Kier molecular flexibility index (Phi) is 3.82. The van der Waals surface area contributed by atoms with Gasteiger partial charge in [-0.2, -0.15) is 5.10 Å². The van der Waals surface area contributed by atoms with E-state index in [9.17, 15) is 0 Å². The first-order valence-corrected chi connectivity index (χ1v) is 7.07. The van der Waals surface area contributed by atoms with E-state index in [1.54, 1.807) is 23.1 Å². The molecule has 0 aliphatic rings. The van der Waals surface area contributed by atoms with Crippen molar-refractivity contribution in [3.05, 3.63) is 64.4 Å². The number of nitrogen functional groups attached to an aromatic ring is 1. The average molecular weight is 319 g/mol. The molecule has 0 aliphatic heterocycles. The molecular formula is C15H12Cl2N4. The Bertz CT molecular complexity index is 783. The van der Waals surface area contributed by atoms with Gasteiger partial charge in [-0.15, -0.1) is 0 Å². The zero-order valence-electron chi connectivity index (χ0n) is 11.0. The Morgan fingerprint density at radius 2 is 1.95 bits per heavy atom. The van der Waals surface area contributed by atoms with Crippen LogP contribution in [0.1, 0.15) is 5.56 Å². The van der Waals surface area contributed by atoms with Crippen LogP contribution in [0.25, 0.3) is 11.4 Å². The fourth-order valence-corrected chi connectivity index (χ4v) is 2.47. The Morgan fingerprint density at radius 1 is 1.10 bits per heavy atom. The highest BCUT2D eigenvalue weighted by Crippen LogP contribution is 2.22. The second-order valence-electron chi connectivity index (χ2n) is 4.63. The third-order valence-corrected chi connectivity index (χ3v) is 3.62. The van der Waals surface area contributed by atoms with Gasteiger partial charge in [-0.05, 0) is 29.8 Å². The van der Waals surface area contributed by atoms with Crippen LogP contribution >= 0.6 is 23.2 Å². The van der Waals surface area contributed by atoms with E-state index < -0.39 is 0 Å². The van der Waals surface area contributed by atoms with Crippen LogP contribution in [0.2, 0.25) is 10.0 Å². The molecule has 1 heterocycles. The van der Waals surface area contributed by atoms with Gasteiger partial charge in [-0.25, -0.2) is 9.67 Å². The number of aromatic nitrogens is 3. The van der Waals surface area contributed by atoms with Crippen LogP contribution < -0.4 is 5.73 Å². The van der Waals surface area contributed by atoms with E-state index in [1.807, 2.05) is 30.3 Å². The highest BCUT2D eigenvalue weighted by molar-refractivity contribution is 6.35. The molecule has 1 aromatic heterocycles. The number of hydrogen-bond acceptors (Lipinski definition) is 3. The molecule has 2 aromatic carbocycles. The largest absolute Gasteiger partial charge is 0.399 e. The van der Waals surface area contributed by atoms with Crippen LogP contribution in [0.5, 0.6) is 0 Å². The fourth-order valence-electron chi connectivity index (χ4n) is 2.01. The number of nitrogens with two attached hydrogens (primary N) is 1. The Hall–Kier alpha value is -2.04. The predicted molar refractivity (Wildman–Crippen MR) is 85.4 cm³/mol. The molecule has 0 spiro atoms. The summed E-state index contributed by atoms with van der Waals surface area (Å²) >= 11 is 12.0. The summed E-state index contributed by atoms with van der Waals surface area (Å²) in [6, 6.07) is 12.9. The molecule has 0 radical (unpaired) electrons. The van der Waals surface area contributed by atoms with Gasteiger partial charge in [0.05, 0.1) is 6.54 Å². The first-order valence-electron chi connectivity index (χ1n) is 6.31. The molecule has 0 fully saturated rings. The number of benzene rings is 2. The van der Waals surface area contributed by atoms with E-state index in [2.05, 4.69) is 10.1 Å². The molecule has 0 saturated heterocycles. The quantitative estimate of drug-likeness (QED) is 0.745. The molecule has 106 valence electrons.